The van der Waals surface area contributed by atoms with Crippen LogP contribution in [0.1, 0.15) is 15.5 Å². The third-order valence-corrected chi connectivity index (χ3v) is 2.62. The minimum atomic E-state index is -0.422. The molecule has 0 bridgehead atoms. The van der Waals surface area contributed by atoms with Crippen molar-refractivity contribution >= 4 is 23.2 Å². The molecule has 0 aliphatic carbocycles. The number of rotatable bonds is 5. The molecule has 0 saturated carbocycles. The molecule has 8 heteroatoms. The number of carbonyl (C=O) groups is 2. The van der Waals surface area contributed by atoms with E-state index in [2.05, 4.69) is 4.98 Å². The van der Waals surface area contributed by atoms with Gasteiger partial charge in [-0.25, -0.2) is 10.8 Å². The van der Waals surface area contributed by atoms with Crippen LogP contribution >= 0.6 is 11.3 Å². The lowest BCUT2D eigenvalue weighted by Gasteiger charge is -2.11. The molecule has 0 spiro atoms. The van der Waals surface area contributed by atoms with E-state index in [4.69, 9.17) is 11.6 Å². The van der Waals surface area contributed by atoms with Crippen LogP contribution in [0.5, 0.6) is 0 Å². The second kappa shape index (κ2) is 5.54. The summed E-state index contributed by atoms with van der Waals surface area (Å²) in [5, 5.41) is 2.03. The van der Waals surface area contributed by atoms with E-state index in [9.17, 15) is 9.59 Å². The average Bonchev–Trinajstić information content (AvgIpc) is 2.63. The van der Waals surface area contributed by atoms with Crippen molar-refractivity contribution in [2.45, 2.75) is 6.54 Å². The first kappa shape index (κ1) is 12.6. The Bertz CT molecular complexity index is 392. The molecule has 1 heterocycles. The van der Waals surface area contributed by atoms with Crippen LogP contribution in [-0.2, 0) is 11.3 Å². The molecule has 0 fully saturated rings. The standard InChI is InChI=1S/C8H13N5O2S/c1-13(3-6(9)14)2-5-4-16-8(11-5)7(15)12-10/h4H,2-3,10H2,1H3,(H2,9,14)(H,12,15). The fourth-order valence-corrected chi connectivity index (χ4v) is 1.85. The maximum atomic E-state index is 11.1. The number of nitrogen functional groups attached to an aromatic ring is 1. The Morgan fingerprint density at radius 2 is 2.31 bits per heavy atom. The van der Waals surface area contributed by atoms with Crippen LogP contribution in [0.4, 0.5) is 0 Å². The van der Waals surface area contributed by atoms with Crippen LogP contribution in [0.3, 0.4) is 0 Å². The number of primary amides is 1. The Hall–Kier alpha value is -1.51. The molecule has 0 aliphatic rings. The van der Waals surface area contributed by atoms with Gasteiger partial charge in [-0.3, -0.25) is 19.9 Å². The highest BCUT2D eigenvalue weighted by atomic mass is 32.1. The van der Waals surface area contributed by atoms with E-state index in [-0.39, 0.29) is 6.54 Å². The molecule has 0 aromatic carbocycles. The fourth-order valence-electron chi connectivity index (χ4n) is 1.14. The molecular weight excluding hydrogens is 230 g/mol. The van der Waals surface area contributed by atoms with E-state index in [0.717, 1.165) is 0 Å². The van der Waals surface area contributed by atoms with Crippen LogP contribution < -0.4 is 17.0 Å². The monoisotopic (exact) mass is 243 g/mol. The molecule has 1 aromatic heterocycles. The first-order chi connectivity index (χ1) is 7.52. The summed E-state index contributed by atoms with van der Waals surface area (Å²) in [5.41, 5.74) is 7.75. The van der Waals surface area contributed by atoms with Gasteiger partial charge in [0.2, 0.25) is 5.91 Å². The molecule has 16 heavy (non-hydrogen) atoms. The first-order valence-electron chi connectivity index (χ1n) is 4.45. The van der Waals surface area contributed by atoms with Gasteiger partial charge in [0.05, 0.1) is 12.2 Å². The minimum Gasteiger partial charge on any atom is -0.369 e. The maximum Gasteiger partial charge on any atom is 0.294 e. The molecule has 7 nitrogen and oxygen atoms in total. The minimum absolute atomic E-state index is 0.149. The van der Waals surface area contributed by atoms with Gasteiger partial charge in [0, 0.05) is 11.9 Å². The Kier molecular flexibility index (Phi) is 4.35. The average molecular weight is 243 g/mol. The summed E-state index contributed by atoms with van der Waals surface area (Å²) in [7, 11) is 1.74. The molecule has 5 N–H and O–H groups in total. The quantitative estimate of drug-likeness (QED) is 0.336. The van der Waals surface area contributed by atoms with Crippen LogP contribution in [0.15, 0.2) is 5.38 Å². The number of hydrogen-bond donors (Lipinski definition) is 3. The lowest BCUT2D eigenvalue weighted by molar-refractivity contribution is -0.118. The number of carbonyl (C=O) groups excluding carboxylic acids is 2. The SMILES string of the molecule is CN(CC(N)=O)Cc1csc(C(=O)NN)n1. The normalized spacial score (nSPS) is 10.4. The highest BCUT2D eigenvalue weighted by Crippen LogP contribution is 2.10. The van der Waals surface area contributed by atoms with E-state index in [1.54, 1.807) is 17.3 Å². The largest absolute Gasteiger partial charge is 0.369 e. The third kappa shape index (κ3) is 3.57. The molecule has 0 radical (unpaired) electrons. The molecule has 1 rings (SSSR count). The summed E-state index contributed by atoms with van der Waals surface area (Å²) in [4.78, 5) is 27.5. The molecule has 0 saturated heterocycles. The number of thiazole rings is 1. The highest BCUT2D eigenvalue weighted by molar-refractivity contribution is 7.11. The first-order valence-corrected chi connectivity index (χ1v) is 5.33. The van der Waals surface area contributed by atoms with Gasteiger partial charge in [0.1, 0.15) is 0 Å². The summed E-state index contributed by atoms with van der Waals surface area (Å²) < 4.78 is 0. The highest BCUT2D eigenvalue weighted by Gasteiger charge is 2.11. The maximum absolute atomic E-state index is 11.1. The van der Waals surface area contributed by atoms with Crippen molar-refractivity contribution in [3.8, 4) is 0 Å². The summed E-state index contributed by atoms with van der Waals surface area (Å²) in [6.45, 7) is 0.604. The van der Waals surface area contributed by atoms with Crippen LogP contribution in [0.2, 0.25) is 0 Å². The lowest BCUT2D eigenvalue weighted by Crippen LogP contribution is -2.31. The summed E-state index contributed by atoms with van der Waals surface area (Å²) in [5.74, 6) is 4.15. The fraction of sp³-hybridized carbons (Fsp3) is 0.375. The predicted molar refractivity (Wildman–Crippen MR) is 59.3 cm³/mol. The summed E-state index contributed by atoms with van der Waals surface area (Å²) in [6.07, 6.45) is 0. The van der Waals surface area contributed by atoms with Crippen molar-refractivity contribution < 1.29 is 9.59 Å². The van der Waals surface area contributed by atoms with Crippen molar-refractivity contribution in [2.24, 2.45) is 11.6 Å². The van der Waals surface area contributed by atoms with Gasteiger partial charge < -0.3 is 5.73 Å². The summed E-state index contributed by atoms with van der Waals surface area (Å²) >= 11 is 1.20. The second-order valence-electron chi connectivity index (χ2n) is 3.26. The number of likely N-dealkylation sites (N-methyl/N-ethyl adjacent to an activating group) is 1. The molecule has 0 atom stereocenters. The number of hydrogen-bond acceptors (Lipinski definition) is 6. The lowest BCUT2D eigenvalue weighted by atomic mass is 10.4. The zero-order valence-corrected chi connectivity index (χ0v) is 9.58. The van der Waals surface area contributed by atoms with Crippen molar-refractivity contribution in [2.75, 3.05) is 13.6 Å². The number of amides is 2. The van der Waals surface area contributed by atoms with Crippen molar-refractivity contribution in [1.82, 2.24) is 15.3 Å². The predicted octanol–water partition coefficient (Wildman–Crippen LogP) is -1.34. The van der Waals surface area contributed by atoms with Gasteiger partial charge in [0.25, 0.3) is 5.91 Å². The van der Waals surface area contributed by atoms with E-state index < -0.39 is 11.8 Å². The van der Waals surface area contributed by atoms with Gasteiger partial charge in [-0.15, -0.1) is 11.3 Å². The van der Waals surface area contributed by atoms with Crippen molar-refractivity contribution in [3.05, 3.63) is 16.1 Å². The number of nitrogens with one attached hydrogen (secondary N) is 1. The van der Waals surface area contributed by atoms with E-state index in [1.165, 1.54) is 11.3 Å². The van der Waals surface area contributed by atoms with Gasteiger partial charge >= 0.3 is 0 Å². The Morgan fingerprint density at radius 3 is 2.88 bits per heavy atom. The number of hydrazine groups is 1. The Morgan fingerprint density at radius 1 is 1.62 bits per heavy atom. The molecule has 2 amide bonds. The van der Waals surface area contributed by atoms with Crippen LogP contribution in [0, 0.1) is 0 Å². The number of nitrogens with two attached hydrogens (primary N) is 2. The van der Waals surface area contributed by atoms with E-state index in [1.807, 2.05) is 5.43 Å². The second-order valence-corrected chi connectivity index (χ2v) is 4.11. The number of nitrogens with zero attached hydrogens (tertiary/aromatic N) is 2. The Balaban J connectivity index is 2.58. The smallest absolute Gasteiger partial charge is 0.294 e. The molecule has 88 valence electrons. The van der Waals surface area contributed by atoms with Crippen LogP contribution in [0.25, 0.3) is 0 Å². The molecule has 0 unspecified atom stereocenters. The van der Waals surface area contributed by atoms with E-state index >= 15 is 0 Å². The van der Waals surface area contributed by atoms with Gasteiger partial charge in [-0.1, -0.05) is 0 Å². The number of aromatic nitrogens is 1. The zero-order chi connectivity index (χ0) is 12.1. The van der Waals surface area contributed by atoms with Gasteiger partial charge in [-0.05, 0) is 7.05 Å². The molecular formula is C8H13N5O2S. The molecule has 0 aliphatic heterocycles. The zero-order valence-electron chi connectivity index (χ0n) is 8.77. The van der Waals surface area contributed by atoms with Gasteiger partial charge in [-0.2, -0.15) is 0 Å². The van der Waals surface area contributed by atoms with Gasteiger partial charge in [0.15, 0.2) is 5.01 Å². The van der Waals surface area contributed by atoms with E-state index in [0.29, 0.717) is 17.2 Å². The van der Waals surface area contributed by atoms with Crippen molar-refractivity contribution in [3.63, 3.8) is 0 Å². The third-order valence-electron chi connectivity index (χ3n) is 1.73. The Labute approximate surface area is 96.4 Å². The van der Waals surface area contributed by atoms with Crippen LogP contribution in [-0.4, -0.2) is 35.3 Å². The summed E-state index contributed by atoms with van der Waals surface area (Å²) in [6, 6.07) is 0. The van der Waals surface area contributed by atoms with Crippen molar-refractivity contribution in [1.29, 1.82) is 0 Å². The molecule has 1 aromatic rings. The topological polar surface area (TPSA) is 114 Å².